The van der Waals surface area contributed by atoms with Crippen molar-refractivity contribution in [2.75, 3.05) is 11.9 Å². The summed E-state index contributed by atoms with van der Waals surface area (Å²) in [4.78, 5) is 16.5. The molecule has 7 nitrogen and oxygen atoms in total. The van der Waals surface area contributed by atoms with Gasteiger partial charge in [-0.05, 0) is 19.4 Å². The lowest BCUT2D eigenvalue weighted by molar-refractivity contribution is -0.115. The molecule has 2 aromatic rings. The van der Waals surface area contributed by atoms with Gasteiger partial charge < -0.3 is 16.2 Å². The summed E-state index contributed by atoms with van der Waals surface area (Å²) in [6.45, 7) is 1.79. The number of hydrogen-bond donors (Lipinski definition) is 3. The van der Waals surface area contributed by atoms with Gasteiger partial charge in [0.15, 0.2) is 5.82 Å². The third-order valence-electron chi connectivity index (χ3n) is 4.00. The molecule has 1 aliphatic heterocycles. The largest absolute Gasteiger partial charge is 0.396 e. The van der Waals surface area contributed by atoms with Crippen molar-refractivity contribution in [1.82, 2.24) is 14.8 Å². The van der Waals surface area contributed by atoms with Crippen LogP contribution in [0.3, 0.4) is 0 Å². The van der Waals surface area contributed by atoms with Crippen molar-refractivity contribution in [3.63, 3.8) is 0 Å². The van der Waals surface area contributed by atoms with Crippen LogP contribution in [0.2, 0.25) is 10.0 Å². The summed E-state index contributed by atoms with van der Waals surface area (Å²) in [6, 6.07) is 4.57. The van der Waals surface area contributed by atoms with E-state index in [4.69, 9.17) is 34.0 Å². The van der Waals surface area contributed by atoms with Crippen LogP contribution in [0.4, 0.5) is 5.95 Å². The predicted octanol–water partition coefficient (Wildman–Crippen LogP) is 2.28. The highest BCUT2D eigenvalue weighted by molar-refractivity contribution is 6.42. The van der Waals surface area contributed by atoms with Crippen LogP contribution in [0.25, 0.3) is 0 Å². The Balaban J connectivity index is 2.17. The van der Waals surface area contributed by atoms with Gasteiger partial charge in [-0.1, -0.05) is 35.3 Å². The minimum absolute atomic E-state index is 0.0463. The number of benzene rings is 1. The standard InChI is InChI=1S/C16H17Cl2N5O2/c1-8-12(15(19)25)14(9-4-2-5-10(17)13(9)18)23-16(20-8)21-11(22-23)6-3-7-24/h2,4-5,14,24H,3,6-7H2,1H3,(H2,19,25)(H,20,21,22)/t14-/m1/s1. The number of aliphatic hydroxyl groups is 1. The topological polar surface area (TPSA) is 106 Å². The number of nitrogens with two attached hydrogens (primary N) is 1. The van der Waals surface area contributed by atoms with Crippen molar-refractivity contribution in [2.24, 2.45) is 5.73 Å². The predicted molar refractivity (Wildman–Crippen MR) is 95.5 cm³/mol. The first-order chi connectivity index (χ1) is 11.9. The molecule has 0 saturated carbocycles. The van der Waals surface area contributed by atoms with Gasteiger partial charge >= 0.3 is 0 Å². The number of hydrogen-bond acceptors (Lipinski definition) is 5. The number of nitrogens with one attached hydrogen (secondary N) is 1. The fraction of sp³-hybridized carbons (Fsp3) is 0.312. The number of nitrogens with zero attached hydrogens (tertiary/aromatic N) is 3. The number of halogens is 2. The highest BCUT2D eigenvalue weighted by Crippen LogP contribution is 2.39. The number of rotatable bonds is 5. The SMILES string of the molecule is CC1=C(C(N)=O)[C@@H](c2cccc(Cl)c2Cl)n2nc(CCCO)nc2N1. The molecule has 4 N–H and O–H groups in total. The first kappa shape index (κ1) is 17.7. The van der Waals surface area contributed by atoms with E-state index in [0.717, 1.165) is 0 Å². The molecule has 9 heteroatoms. The summed E-state index contributed by atoms with van der Waals surface area (Å²) in [7, 11) is 0. The number of fused-ring (bicyclic) bond motifs is 1. The van der Waals surface area contributed by atoms with Crippen LogP contribution in [-0.2, 0) is 11.2 Å². The van der Waals surface area contributed by atoms with Gasteiger partial charge in [0, 0.05) is 24.3 Å². The molecule has 1 aromatic carbocycles. The molecule has 0 radical (unpaired) electrons. The number of amides is 1. The number of aryl methyl sites for hydroxylation is 1. The Morgan fingerprint density at radius 1 is 1.44 bits per heavy atom. The lowest BCUT2D eigenvalue weighted by Gasteiger charge is -2.28. The second-order valence-corrected chi connectivity index (χ2v) is 6.48. The highest BCUT2D eigenvalue weighted by atomic mass is 35.5. The number of carbonyl (C=O) groups is 1. The molecule has 0 unspecified atom stereocenters. The number of primary amides is 1. The monoisotopic (exact) mass is 381 g/mol. The van der Waals surface area contributed by atoms with Gasteiger partial charge in [-0.25, -0.2) is 4.68 Å². The van der Waals surface area contributed by atoms with Gasteiger partial charge in [-0.15, -0.1) is 0 Å². The van der Waals surface area contributed by atoms with E-state index in [9.17, 15) is 4.79 Å². The van der Waals surface area contributed by atoms with Crippen molar-refractivity contribution >= 4 is 35.1 Å². The van der Waals surface area contributed by atoms with E-state index in [-0.39, 0.29) is 6.61 Å². The first-order valence-corrected chi connectivity index (χ1v) is 8.47. The maximum Gasteiger partial charge on any atom is 0.248 e. The minimum atomic E-state index is -0.629. The number of aliphatic hydroxyl groups excluding tert-OH is 1. The summed E-state index contributed by atoms with van der Waals surface area (Å²) >= 11 is 12.5. The second kappa shape index (κ2) is 7.03. The van der Waals surface area contributed by atoms with E-state index >= 15 is 0 Å². The van der Waals surface area contributed by atoms with Crippen LogP contribution in [0.15, 0.2) is 29.5 Å². The molecule has 0 fully saturated rings. The smallest absolute Gasteiger partial charge is 0.248 e. The van der Waals surface area contributed by atoms with Crippen LogP contribution < -0.4 is 11.1 Å². The number of carbonyl (C=O) groups excluding carboxylic acids is 1. The molecule has 1 atom stereocenters. The molecular formula is C16H17Cl2N5O2. The molecule has 0 spiro atoms. The van der Waals surface area contributed by atoms with Crippen molar-refractivity contribution in [2.45, 2.75) is 25.8 Å². The second-order valence-electron chi connectivity index (χ2n) is 5.70. The van der Waals surface area contributed by atoms with Crippen molar-refractivity contribution in [3.8, 4) is 0 Å². The summed E-state index contributed by atoms with van der Waals surface area (Å²) in [5.74, 6) is 0.457. The number of aromatic nitrogens is 3. The molecule has 1 aromatic heterocycles. The normalized spacial score (nSPS) is 16.6. The van der Waals surface area contributed by atoms with E-state index in [1.807, 2.05) is 0 Å². The Morgan fingerprint density at radius 3 is 2.88 bits per heavy atom. The van der Waals surface area contributed by atoms with Crippen LogP contribution in [0.1, 0.15) is 30.8 Å². The zero-order valence-corrected chi connectivity index (χ0v) is 15.0. The maximum absolute atomic E-state index is 12.1. The molecule has 25 heavy (non-hydrogen) atoms. The Bertz CT molecular complexity index is 862. The molecule has 2 heterocycles. The summed E-state index contributed by atoms with van der Waals surface area (Å²) in [5, 5.41) is 17.2. The average Bonchev–Trinajstić information content (AvgIpc) is 2.96. The van der Waals surface area contributed by atoms with E-state index in [0.29, 0.717) is 51.5 Å². The summed E-state index contributed by atoms with van der Waals surface area (Å²) in [5.41, 5.74) is 7.15. The quantitative estimate of drug-likeness (QED) is 0.736. The van der Waals surface area contributed by atoms with Gasteiger partial charge in [-0.2, -0.15) is 10.1 Å². The van der Waals surface area contributed by atoms with Crippen LogP contribution >= 0.6 is 23.2 Å². The lowest BCUT2D eigenvalue weighted by Crippen LogP contribution is -2.32. The Hall–Kier alpha value is -2.09. The Morgan fingerprint density at radius 2 is 2.20 bits per heavy atom. The summed E-state index contributed by atoms with van der Waals surface area (Å²) < 4.78 is 1.58. The van der Waals surface area contributed by atoms with E-state index in [1.165, 1.54) is 0 Å². The van der Waals surface area contributed by atoms with Crippen LogP contribution in [-0.4, -0.2) is 32.4 Å². The molecule has 3 rings (SSSR count). The zero-order valence-electron chi connectivity index (χ0n) is 13.5. The van der Waals surface area contributed by atoms with E-state index in [2.05, 4.69) is 15.4 Å². The molecule has 1 aliphatic rings. The van der Waals surface area contributed by atoms with Gasteiger partial charge in [0.2, 0.25) is 11.9 Å². The zero-order chi connectivity index (χ0) is 18.1. The number of allylic oxidation sites excluding steroid dienone is 1. The molecule has 0 saturated heterocycles. The van der Waals surface area contributed by atoms with Crippen LogP contribution in [0, 0.1) is 0 Å². The van der Waals surface area contributed by atoms with Crippen molar-refractivity contribution in [1.29, 1.82) is 0 Å². The van der Waals surface area contributed by atoms with Crippen molar-refractivity contribution < 1.29 is 9.90 Å². The fourth-order valence-electron chi connectivity index (χ4n) is 2.88. The molecule has 0 bridgehead atoms. The third-order valence-corrected chi connectivity index (χ3v) is 4.83. The maximum atomic E-state index is 12.1. The highest BCUT2D eigenvalue weighted by Gasteiger charge is 2.34. The average molecular weight is 382 g/mol. The van der Waals surface area contributed by atoms with Crippen LogP contribution in [0.5, 0.6) is 0 Å². The van der Waals surface area contributed by atoms with Gasteiger partial charge in [0.1, 0.15) is 6.04 Å². The fourth-order valence-corrected chi connectivity index (χ4v) is 3.29. The number of anilines is 1. The molecular weight excluding hydrogens is 365 g/mol. The Kier molecular flexibility index (Phi) is 4.99. The molecule has 0 aliphatic carbocycles. The van der Waals surface area contributed by atoms with E-state index < -0.39 is 11.9 Å². The summed E-state index contributed by atoms with van der Waals surface area (Å²) in [6.07, 6.45) is 1.06. The lowest BCUT2D eigenvalue weighted by atomic mass is 9.95. The van der Waals surface area contributed by atoms with Gasteiger partial charge in [0.05, 0.1) is 15.6 Å². The first-order valence-electron chi connectivity index (χ1n) is 7.71. The third kappa shape index (κ3) is 3.22. The van der Waals surface area contributed by atoms with Gasteiger partial charge in [0.25, 0.3) is 0 Å². The van der Waals surface area contributed by atoms with Gasteiger partial charge in [-0.3, -0.25) is 4.79 Å². The molecule has 1 amide bonds. The Labute approximate surface area is 154 Å². The van der Waals surface area contributed by atoms with E-state index in [1.54, 1.807) is 29.8 Å². The van der Waals surface area contributed by atoms with Crippen molar-refractivity contribution in [3.05, 3.63) is 50.9 Å². The molecule has 132 valence electrons. The minimum Gasteiger partial charge on any atom is -0.396 e.